The number of carboxylic acids is 1. The van der Waals surface area contributed by atoms with Crippen molar-refractivity contribution in [1.82, 2.24) is 10.2 Å². The monoisotopic (exact) mass is 240 g/mol. The minimum atomic E-state index is -0.770. The lowest BCUT2D eigenvalue weighted by Gasteiger charge is -2.34. The van der Waals surface area contributed by atoms with Crippen LogP contribution in [0, 0.1) is 5.92 Å². The summed E-state index contributed by atoms with van der Waals surface area (Å²) >= 11 is 0. The molecule has 0 aromatic heterocycles. The van der Waals surface area contributed by atoms with E-state index in [9.17, 15) is 9.59 Å². The van der Waals surface area contributed by atoms with Crippen molar-refractivity contribution < 1.29 is 14.7 Å². The molecule has 1 fully saturated rings. The van der Waals surface area contributed by atoms with E-state index in [-0.39, 0.29) is 17.9 Å². The second-order valence-corrected chi connectivity index (χ2v) is 4.38. The molecule has 0 spiro atoms. The topological polar surface area (TPSA) is 69.6 Å². The third kappa shape index (κ3) is 3.85. The van der Waals surface area contributed by atoms with Gasteiger partial charge in [0.25, 0.3) is 0 Å². The molecule has 1 rings (SSSR count). The Morgan fingerprint density at radius 1 is 1.65 bits per heavy atom. The van der Waals surface area contributed by atoms with Crippen molar-refractivity contribution >= 4 is 11.9 Å². The Kier molecular flexibility index (Phi) is 5.15. The number of carbonyl (C=O) groups excluding carboxylic acids is 1. The summed E-state index contributed by atoms with van der Waals surface area (Å²) in [6.45, 7) is 7.03. The van der Waals surface area contributed by atoms with Gasteiger partial charge in [0.15, 0.2) is 0 Å². The quantitative estimate of drug-likeness (QED) is 0.686. The van der Waals surface area contributed by atoms with Gasteiger partial charge in [-0.2, -0.15) is 0 Å². The first kappa shape index (κ1) is 13.7. The first-order valence-corrected chi connectivity index (χ1v) is 5.91. The number of nitrogens with one attached hydrogen (secondary N) is 1. The maximum absolute atomic E-state index is 11.7. The number of rotatable bonds is 5. The molecule has 5 nitrogen and oxygen atoms in total. The van der Waals surface area contributed by atoms with Gasteiger partial charge >= 0.3 is 5.97 Å². The number of aliphatic carboxylic acids is 1. The predicted octanol–water partition coefficient (Wildman–Crippen LogP) is 0.474. The van der Waals surface area contributed by atoms with Crippen molar-refractivity contribution in [2.24, 2.45) is 5.92 Å². The molecule has 0 aromatic rings. The van der Waals surface area contributed by atoms with Gasteiger partial charge < -0.3 is 10.4 Å². The summed E-state index contributed by atoms with van der Waals surface area (Å²) in [6, 6.07) is -0.280. The molecular formula is C12H20N2O3. The lowest BCUT2D eigenvalue weighted by molar-refractivity contribution is -0.145. The summed E-state index contributed by atoms with van der Waals surface area (Å²) in [5.74, 6) is -1.19. The van der Waals surface area contributed by atoms with E-state index in [0.29, 0.717) is 19.5 Å². The Balaban J connectivity index is 2.50. The third-order valence-corrected chi connectivity index (χ3v) is 3.15. The minimum Gasteiger partial charge on any atom is -0.481 e. The lowest BCUT2D eigenvalue weighted by Crippen LogP contribution is -2.50. The molecule has 1 saturated heterocycles. The molecule has 1 aliphatic rings. The van der Waals surface area contributed by atoms with E-state index in [1.165, 1.54) is 0 Å². The highest BCUT2D eigenvalue weighted by molar-refractivity contribution is 5.81. The van der Waals surface area contributed by atoms with E-state index in [0.717, 1.165) is 13.0 Å². The van der Waals surface area contributed by atoms with Gasteiger partial charge in [0, 0.05) is 13.1 Å². The molecule has 2 N–H and O–H groups in total. The Morgan fingerprint density at radius 3 is 2.94 bits per heavy atom. The number of amides is 1. The summed E-state index contributed by atoms with van der Waals surface area (Å²) in [7, 11) is 0. The van der Waals surface area contributed by atoms with Gasteiger partial charge in [0.1, 0.15) is 0 Å². The molecular weight excluding hydrogens is 220 g/mol. The number of likely N-dealkylation sites (tertiary alicyclic amines) is 1. The molecule has 1 aliphatic heterocycles. The van der Waals surface area contributed by atoms with Gasteiger partial charge in [-0.25, -0.2) is 0 Å². The number of nitrogens with zero attached hydrogens (tertiary/aromatic N) is 1. The fraction of sp³-hybridized carbons (Fsp3) is 0.667. The molecule has 2 atom stereocenters. The molecule has 0 aliphatic carbocycles. The zero-order valence-electron chi connectivity index (χ0n) is 10.2. The van der Waals surface area contributed by atoms with Crippen molar-refractivity contribution in [3.63, 3.8) is 0 Å². The Morgan fingerprint density at radius 2 is 2.35 bits per heavy atom. The highest BCUT2D eigenvalue weighted by atomic mass is 16.4. The Hall–Kier alpha value is -1.36. The molecule has 0 aromatic carbocycles. The Bertz CT molecular complexity index is 304. The van der Waals surface area contributed by atoms with Crippen LogP contribution in [-0.2, 0) is 9.59 Å². The zero-order valence-corrected chi connectivity index (χ0v) is 10.2. The van der Waals surface area contributed by atoms with Crippen molar-refractivity contribution in [1.29, 1.82) is 0 Å². The van der Waals surface area contributed by atoms with Crippen LogP contribution in [0.5, 0.6) is 0 Å². The van der Waals surface area contributed by atoms with Crippen LogP contribution in [0.2, 0.25) is 0 Å². The highest BCUT2D eigenvalue weighted by Crippen LogP contribution is 2.18. The van der Waals surface area contributed by atoms with E-state index in [1.807, 2.05) is 11.8 Å². The number of carbonyl (C=O) groups is 2. The van der Waals surface area contributed by atoms with Crippen molar-refractivity contribution in [2.45, 2.75) is 25.8 Å². The fourth-order valence-corrected chi connectivity index (χ4v) is 2.05. The van der Waals surface area contributed by atoms with Crippen molar-refractivity contribution in [3.8, 4) is 0 Å². The predicted molar refractivity (Wildman–Crippen MR) is 64.6 cm³/mol. The van der Waals surface area contributed by atoms with Crippen LogP contribution in [-0.4, -0.2) is 47.6 Å². The van der Waals surface area contributed by atoms with Crippen molar-refractivity contribution in [2.75, 3.05) is 19.6 Å². The van der Waals surface area contributed by atoms with Gasteiger partial charge in [-0.1, -0.05) is 6.08 Å². The van der Waals surface area contributed by atoms with Gasteiger partial charge in [0.2, 0.25) is 5.91 Å². The molecule has 1 amide bonds. The van der Waals surface area contributed by atoms with Crippen LogP contribution in [0.15, 0.2) is 12.7 Å². The van der Waals surface area contributed by atoms with Crippen LogP contribution >= 0.6 is 0 Å². The average molecular weight is 240 g/mol. The first-order valence-electron chi connectivity index (χ1n) is 5.91. The smallest absolute Gasteiger partial charge is 0.307 e. The normalized spacial score (nSPS) is 22.8. The van der Waals surface area contributed by atoms with E-state index in [2.05, 4.69) is 11.9 Å². The number of carboxylic acid groups (broad SMARTS) is 1. The van der Waals surface area contributed by atoms with Crippen LogP contribution in [0.25, 0.3) is 0 Å². The fourth-order valence-electron chi connectivity index (χ4n) is 2.05. The number of hydrogen-bond acceptors (Lipinski definition) is 3. The van der Waals surface area contributed by atoms with E-state index >= 15 is 0 Å². The molecule has 0 radical (unpaired) electrons. The SMILES string of the molecule is C=CCNC(=O)C(C)N1CCCC(C(=O)O)C1. The van der Waals surface area contributed by atoms with Crippen LogP contribution in [0.4, 0.5) is 0 Å². The van der Waals surface area contributed by atoms with Gasteiger partial charge in [-0.15, -0.1) is 6.58 Å². The zero-order chi connectivity index (χ0) is 12.8. The average Bonchev–Trinajstić information content (AvgIpc) is 2.35. The summed E-state index contributed by atoms with van der Waals surface area (Å²) in [4.78, 5) is 24.6. The third-order valence-electron chi connectivity index (χ3n) is 3.15. The molecule has 17 heavy (non-hydrogen) atoms. The van der Waals surface area contributed by atoms with E-state index < -0.39 is 5.97 Å². The van der Waals surface area contributed by atoms with Gasteiger partial charge in [-0.05, 0) is 26.3 Å². The molecule has 1 heterocycles. The largest absolute Gasteiger partial charge is 0.481 e. The van der Waals surface area contributed by atoms with Crippen molar-refractivity contribution in [3.05, 3.63) is 12.7 Å². The number of piperidine rings is 1. The summed E-state index contributed by atoms with van der Waals surface area (Å²) in [6.07, 6.45) is 3.16. The molecule has 2 unspecified atom stereocenters. The molecule has 96 valence electrons. The van der Waals surface area contributed by atoms with Gasteiger partial charge in [0.05, 0.1) is 12.0 Å². The minimum absolute atomic E-state index is 0.0732. The second-order valence-electron chi connectivity index (χ2n) is 4.38. The van der Waals surface area contributed by atoms with Crippen LogP contribution in [0.1, 0.15) is 19.8 Å². The van der Waals surface area contributed by atoms with Crippen LogP contribution in [0.3, 0.4) is 0 Å². The standard InChI is InChI=1S/C12H20N2O3/c1-3-6-13-11(15)9(2)14-7-4-5-10(8-14)12(16)17/h3,9-10H,1,4-8H2,2H3,(H,13,15)(H,16,17). The van der Waals surface area contributed by atoms with E-state index in [4.69, 9.17) is 5.11 Å². The Labute approximate surface area is 101 Å². The van der Waals surface area contributed by atoms with E-state index in [1.54, 1.807) is 6.08 Å². The highest BCUT2D eigenvalue weighted by Gasteiger charge is 2.30. The van der Waals surface area contributed by atoms with Crippen LogP contribution < -0.4 is 5.32 Å². The summed E-state index contributed by atoms with van der Waals surface area (Å²) < 4.78 is 0. The second kappa shape index (κ2) is 6.39. The van der Waals surface area contributed by atoms with Gasteiger partial charge in [-0.3, -0.25) is 14.5 Å². The lowest BCUT2D eigenvalue weighted by atomic mass is 9.97. The number of hydrogen-bond donors (Lipinski definition) is 2. The summed E-state index contributed by atoms with van der Waals surface area (Å²) in [5.41, 5.74) is 0. The molecule has 5 heteroatoms. The maximum atomic E-state index is 11.7. The molecule has 0 bridgehead atoms. The first-order chi connectivity index (χ1) is 8.06. The summed E-state index contributed by atoms with van der Waals surface area (Å²) in [5, 5.41) is 11.7. The maximum Gasteiger partial charge on any atom is 0.307 e. The molecule has 0 saturated carbocycles.